The molecule has 0 aliphatic rings. The third-order valence-corrected chi connectivity index (χ3v) is 4.13. The monoisotopic (exact) mass is 437 g/mol. The van der Waals surface area contributed by atoms with E-state index in [1.807, 2.05) is 12.1 Å². The molecule has 0 unspecified atom stereocenters. The van der Waals surface area contributed by atoms with Gasteiger partial charge in [-0.3, -0.25) is 4.79 Å². The van der Waals surface area contributed by atoms with Gasteiger partial charge in [-0.15, -0.1) is 0 Å². The van der Waals surface area contributed by atoms with E-state index in [2.05, 4.69) is 15.4 Å². The van der Waals surface area contributed by atoms with Crippen LogP contribution in [0.2, 0.25) is 0 Å². The summed E-state index contributed by atoms with van der Waals surface area (Å²) < 4.78 is 51.9. The fourth-order valence-corrected chi connectivity index (χ4v) is 2.64. The molecule has 0 heterocycles. The van der Waals surface area contributed by atoms with Gasteiger partial charge in [0.2, 0.25) is 5.91 Å². The molecule has 31 heavy (non-hydrogen) atoms. The molecule has 0 aromatic heterocycles. The molecule has 0 aliphatic heterocycles. The first-order valence-electron chi connectivity index (χ1n) is 9.21. The molecule has 0 radical (unpaired) electrons. The van der Waals surface area contributed by atoms with E-state index in [4.69, 9.17) is 14.7 Å². The summed E-state index contributed by atoms with van der Waals surface area (Å²) in [5.41, 5.74) is 1.30. The van der Waals surface area contributed by atoms with Gasteiger partial charge in [-0.05, 0) is 42.3 Å². The van der Waals surface area contributed by atoms with Gasteiger partial charge < -0.3 is 24.8 Å². The third kappa shape index (κ3) is 7.62. The van der Waals surface area contributed by atoms with Crippen LogP contribution in [0.4, 0.5) is 18.9 Å². The van der Waals surface area contributed by atoms with E-state index in [-0.39, 0.29) is 23.8 Å². The number of ether oxygens (including phenoxy) is 3. The smallest absolute Gasteiger partial charge is 0.422 e. The fraction of sp³-hybridized carbons (Fsp3) is 0.333. The molecule has 0 atom stereocenters. The summed E-state index contributed by atoms with van der Waals surface area (Å²) in [6, 6.07) is 11.3. The number of hydrogen-bond acceptors (Lipinski definition) is 6. The molecular formula is C21H22F3N3O4. The first-order valence-corrected chi connectivity index (χ1v) is 9.21. The number of benzene rings is 2. The molecule has 2 aromatic carbocycles. The van der Waals surface area contributed by atoms with Crippen LogP contribution >= 0.6 is 0 Å². The van der Waals surface area contributed by atoms with Crippen molar-refractivity contribution in [3.05, 3.63) is 47.5 Å². The number of nitrogens with one attached hydrogen (secondary N) is 2. The maximum absolute atomic E-state index is 12.3. The lowest BCUT2D eigenvalue weighted by molar-refractivity contribution is -0.153. The van der Waals surface area contributed by atoms with Crippen molar-refractivity contribution in [3.63, 3.8) is 0 Å². The molecule has 0 bridgehead atoms. The number of nitriles is 1. The summed E-state index contributed by atoms with van der Waals surface area (Å²) in [7, 11) is 3.09. The highest BCUT2D eigenvalue weighted by Crippen LogP contribution is 2.27. The maximum Gasteiger partial charge on any atom is 0.422 e. The standard InChI is InChI=1S/C21H22F3N3O4/c1-29-18-5-3-14(9-19(18)30-2)7-8-26-20(28)12-27-16-4-6-17(15(10-16)11-25)31-13-21(22,23)24/h3-6,9-10,27H,7-8,12-13H2,1-2H3,(H,26,28). The topological polar surface area (TPSA) is 92.6 Å². The summed E-state index contributed by atoms with van der Waals surface area (Å²) in [5.74, 6) is 0.760. The van der Waals surface area contributed by atoms with Crippen LogP contribution in [-0.4, -0.2) is 46.0 Å². The van der Waals surface area contributed by atoms with E-state index in [0.717, 1.165) is 5.56 Å². The van der Waals surface area contributed by atoms with Crippen molar-refractivity contribution in [2.45, 2.75) is 12.6 Å². The van der Waals surface area contributed by atoms with E-state index < -0.39 is 12.8 Å². The van der Waals surface area contributed by atoms with Gasteiger partial charge in [0.1, 0.15) is 11.8 Å². The van der Waals surface area contributed by atoms with Crippen molar-refractivity contribution in [3.8, 4) is 23.3 Å². The van der Waals surface area contributed by atoms with E-state index in [0.29, 0.717) is 30.2 Å². The lowest BCUT2D eigenvalue weighted by Crippen LogP contribution is -2.31. The van der Waals surface area contributed by atoms with Crippen molar-refractivity contribution in [1.29, 1.82) is 5.26 Å². The minimum absolute atomic E-state index is 0.0666. The van der Waals surface area contributed by atoms with Crippen LogP contribution in [-0.2, 0) is 11.2 Å². The highest BCUT2D eigenvalue weighted by Gasteiger charge is 2.28. The molecule has 0 spiro atoms. The number of alkyl halides is 3. The Morgan fingerprint density at radius 2 is 1.77 bits per heavy atom. The van der Waals surface area contributed by atoms with E-state index >= 15 is 0 Å². The predicted molar refractivity (Wildman–Crippen MR) is 107 cm³/mol. The Balaban J connectivity index is 1.82. The molecule has 2 aromatic rings. The number of hydrogen-bond donors (Lipinski definition) is 2. The van der Waals surface area contributed by atoms with Gasteiger partial charge >= 0.3 is 6.18 Å². The third-order valence-electron chi connectivity index (χ3n) is 4.13. The highest BCUT2D eigenvalue weighted by molar-refractivity contribution is 5.80. The van der Waals surface area contributed by atoms with Crippen LogP contribution in [0.15, 0.2) is 36.4 Å². The van der Waals surface area contributed by atoms with E-state index in [1.165, 1.54) is 18.2 Å². The molecule has 0 saturated carbocycles. The van der Waals surface area contributed by atoms with Crippen molar-refractivity contribution in [2.75, 3.05) is 39.2 Å². The zero-order chi connectivity index (χ0) is 22.9. The average Bonchev–Trinajstić information content (AvgIpc) is 2.75. The Morgan fingerprint density at radius 1 is 1.06 bits per heavy atom. The van der Waals surface area contributed by atoms with Gasteiger partial charge in [0.05, 0.1) is 26.3 Å². The van der Waals surface area contributed by atoms with Crippen LogP contribution in [0.3, 0.4) is 0 Å². The Hall–Kier alpha value is -3.61. The van der Waals surface area contributed by atoms with Gasteiger partial charge in [-0.25, -0.2) is 0 Å². The normalized spacial score (nSPS) is 10.7. The summed E-state index contributed by atoms with van der Waals surface area (Å²) in [4.78, 5) is 12.0. The van der Waals surface area contributed by atoms with Crippen LogP contribution in [0.1, 0.15) is 11.1 Å². The zero-order valence-corrected chi connectivity index (χ0v) is 17.0. The van der Waals surface area contributed by atoms with Gasteiger partial charge in [-0.2, -0.15) is 18.4 Å². The largest absolute Gasteiger partial charge is 0.493 e. The molecule has 0 aliphatic carbocycles. The number of rotatable bonds is 10. The molecule has 166 valence electrons. The number of methoxy groups -OCH3 is 2. The SMILES string of the molecule is COc1ccc(CCNC(=O)CNc2ccc(OCC(F)(F)F)c(C#N)c2)cc1OC. The molecular weight excluding hydrogens is 415 g/mol. The molecule has 1 amide bonds. The Bertz CT molecular complexity index is 942. The van der Waals surface area contributed by atoms with Crippen molar-refractivity contribution < 1.29 is 32.2 Å². The Morgan fingerprint density at radius 3 is 2.42 bits per heavy atom. The van der Waals surface area contributed by atoms with Gasteiger partial charge in [-0.1, -0.05) is 6.07 Å². The minimum atomic E-state index is -4.50. The van der Waals surface area contributed by atoms with Crippen LogP contribution in [0.25, 0.3) is 0 Å². The van der Waals surface area contributed by atoms with E-state index in [1.54, 1.807) is 26.4 Å². The first-order chi connectivity index (χ1) is 14.8. The van der Waals surface area contributed by atoms with E-state index in [9.17, 15) is 18.0 Å². The number of nitrogens with zero attached hydrogens (tertiary/aromatic N) is 1. The van der Waals surface area contributed by atoms with Crippen molar-refractivity contribution in [1.82, 2.24) is 5.32 Å². The number of halogens is 3. The highest BCUT2D eigenvalue weighted by atomic mass is 19.4. The van der Waals surface area contributed by atoms with Crippen molar-refractivity contribution >= 4 is 11.6 Å². The lowest BCUT2D eigenvalue weighted by atomic mass is 10.1. The first kappa shape index (κ1) is 23.7. The minimum Gasteiger partial charge on any atom is -0.493 e. The molecule has 10 heteroatoms. The van der Waals surface area contributed by atoms with Gasteiger partial charge in [0.15, 0.2) is 18.1 Å². The molecule has 0 fully saturated rings. The summed E-state index contributed by atoms with van der Waals surface area (Å²) in [5, 5.41) is 14.7. The van der Waals surface area contributed by atoms with Gasteiger partial charge in [0, 0.05) is 12.2 Å². The predicted octanol–water partition coefficient (Wildman–Crippen LogP) is 3.29. The van der Waals surface area contributed by atoms with Crippen LogP contribution in [0.5, 0.6) is 17.2 Å². The quantitative estimate of drug-likeness (QED) is 0.593. The maximum atomic E-state index is 12.3. The zero-order valence-electron chi connectivity index (χ0n) is 17.0. The number of amides is 1. The van der Waals surface area contributed by atoms with Gasteiger partial charge in [0.25, 0.3) is 0 Å². The molecule has 2 N–H and O–H groups in total. The lowest BCUT2D eigenvalue weighted by Gasteiger charge is -2.12. The second-order valence-corrected chi connectivity index (χ2v) is 6.37. The second kappa shape index (κ2) is 11.0. The Labute approximate surface area is 177 Å². The molecule has 0 saturated heterocycles. The average molecular weight is 437 g/mol. The summed E-state index contributed by atoms with van der Waals surface area (Å²) >= 11 is 0. The summed E-state index contributed by atoms with van der Waals surface area (Å²) in [6.45, 7) is -1.17. The fourth-order valence-electron chi connectivity index (χ4n) is 2.64. The van der Waals surface area contributed by atoms with Crippen LogP contribution in [0, 0.1) is 11.3 Å². The van der Waals surface area contributed by atoms with Crippen molar-refractivity contribution in [2.24, 2.45) is 0 Å². The Kier molecular flexibility index (Phi) is 8.37. The second-order valence-electron chi connectivity index (χ2n) is 6.37. The number of carbonyl (C=O) groups is 1. The number of anilines is 1. The van der Waals surface area contributed by atoms with Crippen LogP contribution < -0.4 is 24.8 Å². The molecule has 7 nitrogen and oxygen atoms in total. The molecule has 2 rings (SSSR count). The number of carbonyl (C=O) groups excluding carboxylic acids is 1. The summed E-state index contributed by atoms with van der Waals surface area (Å²) in [6.07, 6.45) is -3.92.